The van der Waals surface area contributed by atoms with Gasteiger partial charge in [0.25, 0.3) is 0 Å². The SMILES string of the molecule is CCC(=O)Nc1ccc(OC(=O)COc2c(C)cc(Br)cc2Br)cc1. The number of carbonyl (C=O) groups is 2. The van der Waals surface area contributed by atoms with Crippen molar-refractivity contribution in [2.24, 2.45) is 0 Å². The van der Waals surface area contributed by atoms with Gasteiger partial charge in [-0.25, -0.2) is 4.79 Å². The number of halogens is 2. The smallest absolute Gasteiger partial charge is 0.349 e. The van der Waals surface area contributed by atoms with E-state index in [-0.39, 0.29) is 12.5 Å². The van der Waals surface area contributed by atoms with Crippen molar-refractivity contribution in [1.29, 1.82) is 0 Å². The summed E-state index contributed by atoms with van der Waals surface area (Å²) in [5.41, 5.74) is 1.54. The molecule has 2 rings (SSSR count). The number of nitrogens with one attached hydrogen (secondary N) is 1. The van der Waals surface area contributed by atoms with Crippen LogP contribution in [-0.2, 0) is 9.59 Å². The normalized spacial score (nSPS) is 10.2. The van der Waals surface area contributed by atoms with Gasteiger partial charge in [0.1, 0.15) is 11.5 Å². The van der Waals surface area contributed by atoms with Crippen LogP contribution >= 0.6 is 31.9 Å². The second kappa shape index (κ2) is 9.01. The minimum absolute atomic E-state index is 0.0754. The molecular formula is C18H17Br2NO4. The number of aryl methyl sites for hydroxylation is 1. The minimum atomic E-state index is -0.514. The average Bonchev–Trinajstić information content (AvgIpc) is 2.55. The number of benzene rings is 2. The second-order valence-corrected chi connectivity index (χ2v) is 6.99. The first-order valence-corrected chi connectivity index (χ1v) is 9.16. The highest BCUT2D eigenvalue weighted by Crippen LogP contribution is 2.32. The van der Waals surface area contributed by atoms with Crippen LogP contribution < -0.4 is 14.8 Å². The van der Waals surface area contributed by atoms with E-state index in [1.54, 1.807) is 31.2 Å². The standard InChI is InChI=1S/C18H17Br2NO4/c1-3-16(22)21-13-4-6-14(7-5-13)25-17(23)10-24-18-11(2)8-12(19)9-15(18)20/h4-9H,3,10H2,1-2H3,(H,21,22). The summed E-state index contributed by atoms with van der Waals surface area (Å²) < 4.78 is 12.4. The van der Waals surface area contributed by atoms with Gasteiger partial charge in [0.15, 0.2) is 6.61 Å². The fourth-order valence-electron chi connectivity index (χ4n) is 2.02. The number of esters is 1. The number of hydrogen-bond acceptors (Lipinski definition) is 4. The molecule has 0 radical (unpaired) electrons. The zero-order valence-electron chi connectivity index (χ0n) is 13.8. The first-order chi connectivity index (χ1) is 11.9. The lowest BCUT2D eigenvalue weighted by atomic mass is 10.2. The molecule has 0 fully saturated rings. The zero-order chi connectivity index (χ0) is 18.4. The highest BCUT2D eigenvalue weighted by atomic mass is 79.9. The van der Waals surface area contributed by atoms with Gasteiger partial charge < -0.3 is 14.8 Å². The molecule has 25 heavy (non-hydrogen) atoms. The van der Waals surface area contributed by atoms with Crippen molar-refractivity contribution in [1.82, 2.24) is 0 Å². The van der Waals surface area contributed by atoms with Crippen LogP contribution in [0.25, 0.3) is 0 Å². The third-order valence-electron chi connectivity index (χ3n) is 3.22. The zero-order valence-corrected chi connectivity index (χ0v) is 16.9. The van der Waals surface area contributed by atoms with Gasteiger partial charge in [0, 0.05) is 16.6 Å². The number of amides is 1. The molecule has 0 unspecified atom stereocenters. The van der Waals surface area contributed by atoms with Crippen LogP contribution in [0, 0.1) is 6.92 Å². The van der Waals surface area contributed by atoms with Crippen LogP contribution in [0.15, 0.2) is 45.3 Å². The van der Waals surface area contributed by atoms with E-state index in [0.29, 0.717) is 23.6 Å². The van der Waals surface area contributed by atoms with Gasteiger partial charge >= 0.3 is 5.97 Å². The molecule has 0 aliphatic rings. The van der Waals surface area contributed by atoms with Crippen LogP contribution in [0.3, 0.4) is 0 Å². The fourth-order valence-corrected chi connectivity index (χ4v) is 3.57. The molecule has 0 aliphatic heterocycles. The largest absolute Gasteiger partial charge is 0.480 e. The predicted octanol–water partition coefficient (Wildman–Crippen LogP) is 4.85. The Bertz CT molecular complexity index is 752. The quantitative estimate of drug-likeness (QED) is 0.484. The monoisotopic (exact) mass is 469 g/mol. The lowest BCUT2D eigenvalue weighted by Crippen LogP contribution is -2.18. The summed E-state index contributed by atoms with van der Waals surface area (Å²) in [6, 6.07) is 10.3. The molecule has 1 amide bonds. The van der Waals surface area contributed by atoms with Gasteiger partial charge in [0.2, 0.25) is 5.91 Å². The Morgan fingerprint density at radius 2 is 1.80 bits per heavy atom. The molecule has 0 heterocycles. The van der Waals surface area contributed by atoms with E-state index in [1.807, 2.05) is 19.1 Å². The topological polar surface area (TPSA) is 64.6 Å². The molecule has 0 spiro atoms. The van der Waals surface area contributed by atoms with Gasteiger partial charge in [-0.15, -0.1) is 0 Å². The molecule has 0 aliphatic carbocycles. The van der Waals surface area contributed by atoms with E-state index >= 15 is 0 Å². The summed E-state index contributed by atoms with van der Waals surface area (Å²) in [4.78, 5) is 23.3. The summed E-state index contributed by atoms with van der Waals surface area (Å²) in [5.74, 6) is 0.389. The predicted molar refractivity (Wildman–Crippen MR) is 103 cm³/mol. The lowest BCUT2D eigenvalue weighted by Gasteiger charge is -2.11. The summed E-state index contributed by atoms with van der Waals surface area (Å²) in [6.07, 6.45) is 0.402. The first-order valence-electron chi connectivity index (χ1n) is 7.58. The van der Waals surface area contributed by atoms with Crippen LogP contribution in [-0.4, -0.2) is 18.5 Å². The molecule has 5 nitrogen and oxygen atoms in total. The van der Waals surface area contributed by atoms with Crippen LogP contribution in [0.5, 0.6) is 11.5 Å². The maximum absolute atomic E-state index is 11.9. The van der Waals surface area contributed by atoms with E-state index in [2.05, 4.69) is 37.2 Å². The van der Waals surface area contributed by atoms with E-state index < -0.39 is 5.97 Å². The fraction of sp³-hybridized carbons (Fsp3) is 0.222. The number of anilines is 1. The van der Waals surface area contributed by atoms with Gasteiger partial charge in [-0.3, -0.25) is 4.79 Å². The van der Waals surface area contributed by atoms with Crippen molar-refractivity contribution < 1.29 is 19.1 Å². The van der Waals surface area contributed by atoms with Crippen LogP contribution in [0.4, 0.5) is 5.69 Å². The van der Waals surface area contributed by atoms with Crippen molar-refractivity contribution in [3.63, 3.8) is 0 Å². The average molecular weight is 471 g/mol. The van der Waals surface area contributed by atoms with Gasteiger partial charge in [-0.2, -0.15) is 0 Å². The lowest BCUT2D eigenvalue weighted by molar-refractivity contribution is -0.136. The number of carbonyl (C=O) groups excluding carboxylic acids is 2. The third kappa shape index (κ3) is 5.86. The maximum Gasteiger partial charge on any atom is 0.349 e. The Morgan fingerprint density at radius 3 is 2.40 bits per heavy atom. The van der Waals surface area contributed by atoms with Crippen molar-refractivity contribution in [2.75, 3.05) is 11.9 Å². The molecule has 0 atom stereocenters. The molecule has 7 heteroatoms. The van der Waals surface area contributed by atoms with Gasteiger partial charge in [-0.05, 0) is 64.8 Å². The third-order valence-corrected chi connectivity index (χ3v) is 4.27. The van der Waals surface area contributed by atoms with Crippen LogP contribution in [0.1, 0.15) is 18.9 Å². The maximum atomic E-state index is 11.9. The molecule has 0 bridgehead atoms. The summed E-state index contributed by atoms with van der Waals surface area (Å²) >= 11 is 6.80. The minimum Gasteiger partial charge on any atom is -0.480 e. The second-order valence-electron chi connectivity index (χ2n) is 5.22. The number of hydrogen-bond donors (Lipinski definition) is 1. The summed E-state index contributed by atoms with van der Waals surface area (Å²) in [5, 5.41) is 2.72. The van der Waals surface area contributed by atoms with E-state index in [4.69, 9.17) is 9.47 Å². The van der Waals surface area contributed by atoms with Crippen molar-refractivity contribution >= 4 is 49.4 Å². The van der Waals surface area contributed by atoms with Crippen molar-refractivity contribution in [3.05, 3.63) is 50.9 Å². The highest BCUT2D eigenvalue weighted by Gasteiger charge is 2.11. The molecule has 0 aromatic heterocycles. The number of ether oxygens (including phenoxy) is 2. The molecule has 2 aromatic rings. The van der Waals surface area contributed by atoms with Crippen molar-refractivity contribution in [2.45, 2.75) is 20.3 Å². The van der Waals surface area contributed by atoms with Crippen LogP contribution in [0.2, 0.25) is 0 Å². The van der Waals surface area contributed by atoms with Gasteiger partial charge in [-0.1, -0.05) is 22.9 Å². The molecule has 132 valence electrons. The Labute approximate surface area is 163 Å². The van der Waals surface area contributed by atoms with E-state index in [0.717, 1.165) is 14.5 Å². The van der Waals surface area contributed by atoms with E-state index in [9.17, 15) is 9.59 Å². The Balaban J connectivity index is 1.91. The first kappa shape index (κ1) is 19.5. The van der Waals surface area contributed by atoms with E-state index in [1.165, 1.54) is 0 Å². The van der Waals surface area contributed by atoms with Gasteiger partial charge in [0.05, 0.1) is 4.47 Å². The highest BCUT2D eigenvalue weighted by molar-refractivity contribution is 9.11. The molecule has 1 N–H and O–H groups in total. The number of rotatable bonds is 6. The molecule has 2 aromatic carbocycles. The Hall–Kier alpha value is -1.86. The summed E-state index contributed by atoms with van der Waals surface area (Å²) in [7, 11) is 0. The summed E-state index contributed by atoms with van der Waals surface area (Å²) in [6.45, 7) is 3.45. The molecule has 0 saturated carbocycles. The van der Waals surface area contributed by atoms with Crippen molar-refractivity contribution in [3.8, 4) is 11.5 Å². The Kier molecular flexibility index (Phi) is 7.01. The Morgan fingerprint density at radius 1 is 1.12 bits per heavy atom. The molecular weight excluding hydrogens is 454 g/mol. The molecule has 0 saturated heterocycles.